The van der Waals surface area contributed by atoms with Crippen LogP contribution in [-0.2, 0) is 0 Å². The summed E-state index contributed by atoms with van der Waals surface area (Å²) < 4.78 is 0. The van der Waals surface area contributed by atoms with Gasteiger partial charge in [0.2, 0.25) is 5.56 Å². The minimum Gasteiger partial charge on any atom is -0.351 e. The number of hydrogen-bond acceptors (Lipinski definition) is 3. The quantitative estimate of drug-likeness (QED) is 0.659. The van der Waals surface area contributed by atoms with E-state index in [4.69, 9.17) is 11.6 Å². The van der Waals surface area contributed by atoms with Gasteiger partial charge in [-0.05, 0) is 30.3 Å². The highest BCUT2D eigenvalue weighted by molar-refractivity contribution is 7.99. The Bertz CT molecular complexity index is 620. The van der Waals surface area contributed by atoms with Gasteiger partial charge >= 0.3 is 0 Å². The molecule has 2 aromatic rings. The van der Waals surface area contributed by atoms with Crippen molar-refractivity contribution in [1.82, 2.24) is 10.3 Å². The Hall–Kier alpha value is -1.72. The number of nitrogens with one attached hydrogen (secondary N) is 2. The van der Waals surface area contributed by atoms with Crippen LogP contribution >= 0.6 is 23.4 Å². The maximum absolute atomic E-state index is 11.8. The lowest BCUT2D eigenvalue weighted by Crippen LogP contribution is -2.26. The van der Waals surface area contributed by atoms with Gasteiger partial charge in [-0.15, -0.1) is 11.8 Å². The summed E-state index contributed by atoms with van der Waals surface area (Å²) in [6.07, 6.45) is 1.41. The number of hydrogen-bond donors (Lipinski definition) is 2. The zero-order valence-electron chi connectivity index (χ0n) is 10.6. The standard InChI is InChI=1S/C14H13ClN2O2S/c15-11-2-4-12(5-3-11)20-8-7-16-14(19)10-1-6-13(18)17-9-10/h1-6,9H,7-8H2,(H,16,19)(H,17,18). The highest BCUT2D eigenvalue weighted by Gasteiger charge is 2.04. The summed E-state index contributed by atoms with van der Waals surface area (Å²) in [4.78, 5) is 26.2. The second kappa shape index (κ2) is 7.17. The molecule has 0 saturated heterocycles. The summed E-state index contributed by atoms with van der Waals surface area (Å²) in [6, 6.07) is 10.4. The molecule has 20 heavy (non-hydrogen) atoms. The number of amides is 1. The van der Waals surface area contributed by atoms with Gasteiger partial charge in [0.15, 0.2) is 0 Å². The van der Waals surface area contributed by atoms with Gasteiger partial charge in [-0.3, -0.25) is 9.59 Å². The molecule has 0 unspecified atom stereocenters. The van der Waals surface area contributed by atoms with Crippen molar-refractivity contribution in [2.45, 2.75) is 4.90 Å². The van der Waals surface area contributed by atoms with Gasteiger partial charge < -0.3 is 10.3 Å². The zero-order valence-corrected chi connectivity index (χ0v) is 12.1. The van der Waals surface area contributed by atoms with Crippen LogP contribution in [0.4, 0.5) is 0 Å². The number of thioether (sulfide) groups is 1. The molecule has 1 amide bonds. The smallest absolute Gasteiger partial charge is 0.252 e. The Morgan fingerprint density at radius 1 is 1.20 bits per heavy atom. The van der Waals surface area contributed by atoms with Crippen LogP contribution in [0.15, 0.2) is 52.3 Å². The predicted octanol–water partition coefficient (Wildman–Crippen LogP) is 2.55. The van der Waals surface area contributed by atoms with Gasteiger partial charge in [-0.1, -0.05) is 11.6 Å². The number of pyridine rings is 1. The van der Waals surface area contributed by atoms with Crippen LogP contribution in [-0.4, -0.2) is 23.2 Å². The first-order valence-electron chi connectivity index (χ1n) is 6.00. The molecule has 1 heterocycles. The van der Waals surface area contributed by atoms with Crippen LogP contribution in [0.5, 0.6) is 0 Å². The fourth-order valence-corrected chi connectivity index (χ4v) is 2.41. The van der Waals surface area contributed by atoms with E-state index in [1.807, 2.05) is 24.3 Å². The van der Waals surface area contributed by atoms with Crippen LogP contribution in [0.25, 0.3) is 0 Å². The normalized spacial score (nSPS) is 10.2. The molecule has 0 bridgehead atoms. The van der Waals surface area contributed by atoms with Crippen molar-refractivity contribution in [3.8, 4) is 0 Å². The van der Waals surface area contributed by atoms with E-state index in [2.05, 4.69) is 10.3 Å². The molecule has 0 aliphatic carbocycles. The first kappa shape index (κ1) is 14.7. The monoisotopic (exact) mass is 308 g/mol. The van der Waals surface area contributed by atoms with Gasteiger partial charge in [0.05, 0.1) is 5.56 Å². The molecule has 0 aliphatic rings. The Morgan fingerprint density at radius 2 is 1.95 bits per heavy atom. The van der Waals surface area contributed by atoms with E-state index in [1.54, 1.807) is 11.8 Å². The minimum absolute atomic E-state index is 0.196. The molecule has 0 saturated carbocycles. The molecule has 0 fully saturated rings. The van der Waals surface area contributed by atoms with E-state index in [1.165, 1.54) is 18.3 Å². The molecule has 0 radical (unpaired) electrons. The van der Waals surface area contributed by atoms with E-state index < -0.39 is 0 Å². The minimum atomic E-state index is -0.222. The van der Waals surface area contributed by atoms with Crippen molar-refractivity contribution < 1.29 is 4.79 Å². The van der Waals surface area contributed by atoms with Crippen molar-refractivity contribution in [2.75, 3.05) is 12.3 Å². The maximum Gasteiger partial charge on any atom is 0.252 e. The van der Waals surface area contributed by atoms with E-state index in [0.717, 1.165) is 10.6 Å². The largest absolute Gasteiger partial charge is 0.351 e. The van der Waals surface area contributed by atoms with Crippen molar-refractivity contribution >= 4 is 29.3 Å². The molecule has 1 aromatic heterocycles. The summed E-state index contributed by atoms with van der Waals surface area (Å²) in [7, 11) is 0. The SMILES string of the molecule is O=C(NCCSc1ccc(Cl)cc1)c1ccc(=O)[nH]c1. The Kier molecular flexibility index (Phi) is 5.26. The molecule has 104 valence electrons. The van der Waals surface area contributed by atoms with Crippen LogP contribution in [0, 0.1) is 0 Å². The predicted molar refractivity (Wildman–Crippen MR) is 81.6 cm³/mol. The third kappa shape index (κ3) is 4.43. The molecule has 2 rings (SSSR count). The van der Waals surface area contributed by atoms with E-state index >= 15 is 0 Å². The van der Waals surface area contributed by atoms with E-state index in [-0.39, 0.29) is 11.5 Å². The Labute approximate surface area is 125 Å². The topological polar surface area (TPSA) is 62.0 Å². The van der Waals surface area contributed by atoms with Gasteiger partial charge in [0.1, 0.15) is 0 Å². The highest BCUT2D eigenvalue weighted by Crippen LogP contribution is 2.19. The lowest BCUT2D eigenvalue weighted by atomic mass is 10.3. The summed E-state index contributed by atoms with van der Waals surface area (Å²) in [5.41, 5.74) is 0.223. The van der Waals surface area contributed by atoms with Gasteiger partial charge in [0, 0.05) is 34.5 Å². The fraction of sp³-hybridized carbons (Fsp3) is 0.143. The number of rotatable bonds is 5. The molecule has 0 spiro atoms. The van der Waals surface area contributed by atoms with Crippen molar-refractivity contribution in [2.24, 2.45) is 0 Å². The first-order chi connectivity index (χ1) is 9.65. The van der Waals surface area contributed by atoms with Crippen molar-refractivity contribution in [3.05, 3.63) is 63.5 Å². The lowest BCUT2D eigenvalue weighted by molar-refractivity contribution is 0.0956. The molecular weight excluding hydrogens is 296 g/mol. The number of halogens is 1. The number of aromatic nitrogens is 1. The summed E-state index contributed by atoms with van der Waals surface area (Å²) >= 11 is 7.44. The van der Waals surface area contributed by atoms with Crippen LogP contribution in [0.3, 0.4) is 0 Å². The third-order valence-electron chi connectivity index (χ3n) is 2.52. The number of benzene rings is 1. The molecule has 6 heteroatoms. The second-order valence-electron chi connectivity index (χ2n) is 4.00. The Balaban J connectivity index is 1.75. The van der Waals surface area contributed by atoms with Gasteiger partial charge in [-0.2, -0.15) is 0 Å². The second-order valence-corrected chi connectivity index (χ2v) is 5.60. The van der Waals surface area contributed by atoms with E-state index in [9.17, 15) is 9.59 Å². The first-order valence-corrected chi connectivity index (χ1v) is 7.37. The molecule has 4 nitrogen and oxygen atoms in total. The average molecular weight is 309 g/mol. The van der Waals surface area contributed by atoms with Crippen LogP contribution in [0.1, 0.15) is 10.4 Å². The number of aromatic amines is 1. The van der Waals surface area contributed by atoms with E-state index in [0.29, 0.717) is 17.1 Å². The number of H-pyrrole nitrogens is 1. The molecular formula is C14H13ClN2O2S. The van der Waals surface area contributed by atoms with Crippen molar-refractivity contribution in [1.29, 1.82) is 0 Å². The van der Waals surface area contributed by atoms with Gasteiger partial charge in [-0.25, -0.2) is 0 Å². The zero-order chi connectivity index (χ0) is 14.4. The Morgan fingerprint density at radius 3 is 2.60 bits per heavy atom. The van der Waals surface area contributed by atoms with Crippen molar-refractivity contribution in [3.63, 3.8) is 0 Å². The highest BCUT2D eigenvalue weighted by atomic mass is 35.5. The molecule has 2 N–H and O–H groups in total. The van der Waals surface area contributed by atoms with Crippen LogP contribution in [0.2, 0.25) is 5.02 Å². The molecule has 1 aromatic carbocycles. The number of carbonyl (C=O) groups excluding carboxylic acids is 1. The summed E-state index contributed by atoms with van der Waals surface area (Å²) in [5.74, 6) is 0.564. The molecule has 0 aliphatic heterocycles. The maximum atomic E-state index is 11.8. The average Bonchev–Trinajstić information content (AvgIpc) is 2.46. The lowest BCUT2D eigenvalue weighted by Gasteiger charge is -2.05. The summed E-state index contributed by atoms with van der Waals surface area (Å²) in [5, 5.41) is 3.50. The molecule has 0 atom stereocenters. The number of carbonyl (C=O) groups is 1. The fourth-order valence-electron chi connectivity index (χ4n) is 1.52. The summed E-state index contributed by atoms with van der Waals surface area (Å²) in [6.45, 7) is 0.547. The third-order valence-corrected chi connectivity index (χ3v) is 3.78. The van der Waals surface area contributed by atoms with Crippen LogP contribution < -0.4 is 10.9 Å². The van der Waals surface area contributed by atoms with Gasteiger partial charge in [0.25, 0.3) is 5.91 Å².